The van der Waals surface area contributed by atoms with E-state index >= 15 is 0 Å². The number of nitrogens with one attached hydrogen (secondary N) is 2. The van der Waals surface area contributed by atoms with E-state index in [1.165, 1.54) is 18.6 Å². The van der Waals surface area contributed by atoms with Gasteiger partial charge in [-0.3, -0.25) is 10.1 Å². The summed E-state index contributed by atoms with van der Waals surface area (Å²) in [5.74, 6) is -0.958. The molecule has 1 aliphatic rings. The Morgan fingerprint density at radius 3 is 2.71 bits per heavy atom. The van der Waals surface area contributed by atoms with Crippen LogP contribution in [-0.4, -0.2) is 30.6 Å². The number of carbonyl (C=O) groups excluding carboxylic acids is 3. The lowest BCUT2D eigenvalue weighted by Gasteiger charge is -2.29. The van der Waals surface area contributed by atoms with Crippen LogP contribution in [0, 0.1) is 5.92 Å². The first-order chi connectivity index (χ1) is 11.5. The number of ether oxygens (including phenoxy) is 1. The maximum Gasteiger partial charge on any atom is 0.338 e. The number of halogens is 1. The molecule has 1 aliphatic carbocycles. The molecule has 3 amide bonds. The van der Waals surface area contributed by atoms with Crippen molar-refractivity contribution < 1.29 is 19.1 Å². The summed E-state index contributed by atoms with van der Waals surface area (Å²) in [5.41, 5.74) is 0.246. The second-order valence-electron chi connectivity index (χ2n) is 5.98. The zero-order chi connectivity index (χ0) is 17.5. The van der Waals surface area contributed by atoms with Crippen molar-refractivity contribution in [3.05, 3.63) is 34.9 Å². The molecule has 0 aromatic heterocycles. The summed E-state index contributed by atoms with van der Waals surface area (Å²) in [6.45, 7) is 1.55. The van der Waals surface area contributed by atoms with E-state index in [0.29, 0.717) is 10.9 Å². The SMILES string of the molecule is C[C@@H]1CCCC[C@@H]1NC(=O)NC(=O)COC(=O)c1cccc(Cl)c1. The zero-order valence-electron chi connectivity index (χ0n) is 13.5. The van der Waals surface area contributed by atoms with Gasteiger partial charge in [0, 0.05) is 11.1 Å². The summed E-state index contributed by atoms with van der Waals surface area (Å²) in [4.78, 5) is 35.3. The maximum absolute atomic E-state index is 11.8. The second kappa shape index (κ2) is 8.68. The molecule has 2 rings (SSSR count). The number of hydrogen-bond donors (Lipinski definition) is 2. The molecule has 1 saturated carbocycles. The van der Waals surface area contributed by atoms with Gasteiger partial charge in [0.1, 0.15) is 0 Å². The summed E-state index contributed by atoms with van der Waals surface area (Å²) < 4.78 is 4.87. The normalized spacial score (nSPS) is 20.1. The van der Waals surface area contributed by atoms with Gasteiger partial charge in [0.2, 0.25) is 0 Å². The topological polar surface area (TPSA) is 84.5 Å². The standard InChI is InChI=1S/C17H21ClN2O4/c1-11-5-2-3-8-14(11)19-17(23)20-15(21)10-24-16(22)12-6-4-7-13(18)9-12/h4,6-7,9,11,14H,2-3,5,8,10H2,1H3,(H2,19,20,21,23)/t11-,14+/m1/s1. The molecule has 130 valence electrons. The third-order valence-electron chi connectivity index (χ3n) is 4.08. The molecule has 2 atom stereocenters. The highest BCUT2D eigenvalue weighted by molar-refractivity contribution is 6.30. The van der Waals surface area contributed by atoms with Gasteiger partial charge in [-0.2, -0.15) is 0 Å². The molecule has 0 radical (unpaired) electrons. The highest BCUT2D eigenvalue weighted by Crippen LogP contribution is 2.23. The van der Waals surface area contributed by atoms with Crippen LogP contribution in [0.2, 0.25) is 5.02 Å². The van der Waals surface area contributed by atoms with Crippen LogP contribution in [0.4, 0.5) is 4.79 Å². The van der Waals surface area contributed by atoms with Gasteiger partial charge in [0.05, 0.1) is 5.56 Å². The third kappa shape index (κ3) is 5.53. The van der Waals surface area contributed by atoms with Crippen LogP contribution in [0.15, 0.2) is 24.3 Å². The molecule has 1 aromatic carbocycles. The molecule has 0 heterocycles. The molecule has 0 bridgehead atoms. The maximum atomic E-state index is 11.8. The minimum atomic E-state index is -0.675. The van der Waals surface area contributed by atoms with Crippen LogP contribution >= 0.6 is 11.6 Å². The number of carbonyl (C=O) groups is 3. The number of rotatable bonds is 4. The Hall–Kier alpha value is -2.08. The lowest BCUT2D eigenvalue weighted by Crippen LogP contribution is -2.48. The van der Waals surface area contributed by atoms with Gasteiger partial charge in [-0.1, -0.05) is 37.4 Å². The fourth-order valence-electron chi connectivity index (χ4n) is 2.73. The van der Waals surface area contributed by atoms with E-state index < -0.39 is 24.5 Å². The van der Waals surface area contributed by atoms with Crippen molar-refractivity contribution in [1.29, 1.82) is 0 Å². The van der Waals surface area contributed by atoms with Crippen LogP contribution in [0.5, 0.6) is 0 Å². The molecule has 0 aliphatic heterocycles. The van der Waals surface area contributed by atoms with E-state index in [4.69, 9.17) is 16.3 Å². The predicted octanol–water partition coefficient (Wildman–Crippen LogP) is 2.90. The van der Waals surface area contributed by atoms with E-state index in [9.17, 15) is 14.4 Å². The fraction of sp³-hybridized carbons (Fsp3) is 0.471. The summed E-state index contributed by atoms with van der Waals surface area (Å²) in [7, 11) is 0. The summed E-state index contributed by atoms with van der Waals surface area (Å²) in [5, 5.41) is 5.37. The number of esters is 1. The minimum Gasteiger partial charge on any atom is -0.452 e. The smallest absolute Gasteiger partial charge is 0.338 e. The third-order valence-corrected chi connectivity index (χ3v) is 4.31. The predicted molar refractivity (Wildman–Crippen MR) is 89.8 cm³/mol. The minimum absolute atomic E-state index is 0.0700. The molecule has 0 unspecified atom stereocenters. The van der Waals surface area contributed by atoms with Gasteiger partial charge in [-0.15, -0.1) is 0 Å². The van der Waals surface area contributed by atoms with Crippen LogP contribution in [0.25, 0.3) is 0 Å². The summed E-state index contributed by atoms with van der Waals surface area (Å²) >= 11 is 5.78. The van der Waals surface area contributed by atoms with Crippen molar-refractivity contribution in [2.45, 2.75) is 38.6 Å². The molecular formula is C17H21ClN2O4. The highest BCUT2D eigenvalue weighted by atomic mass is 35.5. The number of urea groups is 1. The molecule has 2 N–H and O–H groups in total. The largest absolute Gasteiger partial charge is 0.452 e. The highest BCUT2D eigenvalue weighted by Gasteiger charge is 2.23. The molecule has 1 aromatic rings. The van der Waals surface area contributed by atoms with Gasteiger partial charge in [-0.25, -0.2) is 9.59 Å². The van der Waals surface area contributed by atoms with Gasteiger partial charge in [0.15, 0.2) is 6.61 Å². The molecule has 0 saturated heterocycles. The van der Waals surface area contributed by atoms with Gasteiger partial charge in [0.25, 0.3) is 5.91 Å². The molecular weight excluding hydrogens is 332 g/mol. The van der Waals surface area contributed by atoms with Gasteiger partial charge < -0.3 is 10.1 Å². The summed E-state index contributed by atoms with van der Waals surface area (Å²) in [6, 6.07) is 5.72. The quantitative estimate of drug-likeness (QED) is 0.816. The van der Waals surface area contributed by atoms with E-state index in [1.54, 1.807) is 12.1 Å². The number of hydrogen-bond acceptors (Lipinski definition) is 4. The monoisotopic (exact) mass is 352 g/mol. The Bertz CT molecular complexity index is 620. The average Bonchev–Trinajstić information content (AvgIpc) is 2.54. The molecule has 7 heteroatoms. The number of benzene rings is 1. The average molecular weight is 353 g/mol. The van der Waals surface area contributed by atoms with E-state index in [0.717, 1.165) is 19.3 Å². The Balaban J connectivity index is 1.74. The van der Waals surface area contributed by atoms with Crippen molar-refractivity contribution in [2.75, 3.05) is 6.61 Å². The molecule has 0 spiro atoms. The fourth-order valence-corrected chi connectivity index (χ4v) is 2.92. The van der Waals surface area contributed by atoms with Crippen LogP contribution in [0.1, 0.15) is 43.0 Å². The van der Waals surface area contributed by atoms with Crippen molar-refractivity contribution in [3.8, 4) is 0 Å². The Kier molecular flexibility index (Phi) is 6.61. The Labute approximate surface area is 145 Å². The first-order valence-electron chi connectivity index (χ1n) is 7.98. The van der Waals surface area contributed by atoms with Gasteiger partial charge >= 0.3 is 12.0 Å². The van der Waals surface area contributed by atoms with Crippen LogP contribution in [-0.2, 0) is 9.53 Å². The van der Waals surface area contributed by atoms with Crippen LogP contribution in [0.3, 0.4) is 0 Å². The molecule has 24 heavy (non-hydrogen) atoms. The number of imide groups is 1. The molecule has 1 fully saturated rings. The van der Waals surface area contributed by atoms with Crippen LogP contribution < -0.4 is 10.6 Å². The van der Waals surface area contributed by atoms with Crippen molar-refractivity contribution in [2.24, 2.45) is 5.92 Å². The van der Waals surface area contributed by atoms with Gasteiger partial charge in [-0.05, 0) is 37.0 Å². The zero-order valence-corrected chi connectivity index (χ0v) is 14.3. The second-order valence-corrected chi connectivity index (χ2v) is 6.41. The summed E-state index contributed by atoms with van der Waals surface area (Å²) in [6.07, 6.45) is 4.21. The Morgan fingerprint density at radius 1 is 1.25 bits per heavy atom. The number of amides is 3. The Morgan fingerprint density at radius 2 is 2.00 bits per heavy atom. The molecule has 6 nitrogen and oxygen atoms in total. The van der Waals surface area contributed by atoms with Crippen molar-refractivity contribution in [1.82, 2.24) is 10.6 Å². The first kappa shape index (κ1) is 18.3. The van der Waals surface area contributed by atoms with E-state index in [2.05, 4.69) is 17.6 Å². The lowest BCUT2D eigenvalue weighted by molar-refractivity contribution is -0.123. The van der Waals surface area contributed by atoms with Crippen molar-refractivity contribution >= 4 is 29.5 Å². The first-order valence-corrected chi connectivity index (χ1v) is 8.36. The van der Waals surface area contributed by atoms with E-state index in [1.807, 2.05) is 0 Å². The lowest BCUT2D eigenvalue weighted by atomic mass is 9.86. The van der Waals surface area contributed by atoms with E-state index in [-0.39, 0.29) is 11.6 Å². The van der Waals surface area contributed by atoms with Crippen molar-refractivity contribution in [3.63, 3.8) is 0 Å².